The summed E-state index contributed by atoms with van der Waals surface area (Å²) < 4.78 is 19.1. The van der Waals surface area contributed by atoms with Gasteiger partial charge in [0.05, 0.1) is 13.7 Å². The SMILES string of the molecule is C=C(NCCCOP(=O)(O)O)OC. The lowest BCUT2D eigenvalue weighted by Crippen LogP contribution is -2.16. The van der Waals surface area contributed by atoms with Crippen LogP contribution in [0.15, 0.2) is 12.5 Å². The summed E-state index contributed by atoms with van der Waals surface area (Å²) in [6.07, 6.45) is 0.466. The van der Waals surface area contributed by atoms with Gasteiger partial charge in [-0.3, -0.25) is 4.52 Å². The smallest absolute Gasteiger partial charge is 0.469 e. The minimum atomic E-state index is -4.32. The van der Waals surface area contributed by atoms with Crippen molar-refractivity contribution in [3.05, 3.63) is 12.5 Å². The molecule has 3 N–H and O–H groups in total. The summed E-state index contributed by atoms with van der Waals surface area (Å²) >= 11 is 0. The monoisotopic (exact) mass is 211 g/mol. The van der Waals surface area contributed by atoms with E-state index in [0.29, 0.717) is 18.8 Å². The van der Waals surface area contributed by atoms with Gasteiger partial charge >= 0.3 is 7.82 Å². The quantitative estimate of drug-likeness (QED) is 0.316. The van der Waals surface area contributed by atoms with Crippen molar-refractivity contribution in [1.29, 1.82) is 0 Å². The highest BCUT2D eigenvalue weighted by molar-refractivity contribution is 7.46. The molecular formula is C6H14NO5P. The zero-order valence-corrected chi connectivity index (χ0v) is 8.29. The molecule has 13 heavy (non-hydrogen) atoms. The Morgan fingerprint density at radius 3 is 2.69 bits per heavy atom. The van der Waals surface area contributed by atoms with Crippen LogP contribution in [-0.4, -0.2) is 30.0 Å². The lowest BCUT2D eigenvalue weighted by atomic mass is 10.4. The molecular weight excluding hydrogens is 197 g/mol. The summed E-state index contributed by atoms with van der Waals surface area (Å²) in [4.78, 5) is 16.6. The number of phosphoric acid groups is 1. The van der Waals surface area contributed by atoms with Crippen LogP contribution in [0.1, 0.15) is 6.42 Å². The zero-order chi connectivity index (χ0) is 10.3. The molecule has 7 heteroatoms. The Morgan fingerprint density at radius 1 is 1.62 bits per heavy atom. The van der Waals surface area contributed by atoms with Gasteiger partial charge in [0.2, 0.25) is 0 Å². The third-order valence-electron chi connectivity index (χ3n) is 1.15. The van der Waals surface area contributed by atoms with E-state index in [2.05, 4.69) is 16.4 Å². The minimum absolute atomic E-state index is 0.00568. The molecule has 0 bridgehead atoms. The molecule has 0 saturated heterocycles. The zero-order valence-electron chi connectivity index (χ0n) is 7.39. The van der Waals surface area contributed by atoms with Crippen LogP contribution in [0.2, 0.25) is 0 Å². The number of ether oxygens (including phenoxy) is 1. The van der Waals surface area contributed by atoms with Crippen molar-refractivity contribution in [3.8, 4) is 0 Å². The number of hydrogen-bond acceptors (Lipinski definition) is 4. The summed E-state index contributed by atoms with van der Waals surface area (Å²) in [5.74, 6) is 0.413. The van der Waals surface area contributed by atoms with E-state index in [4.69, 9.17) is 14.5 Å². The Bertz CT molecular complexity index is 201. The van der Waals surface area contributed by atoms with E-state index in [0.717, 1.165) is 0 Å². The number of phosphoric ester groups is 1. The maximum absolute atomic E-state index is 10.2. The standard InChI is InChI=1S/C6H14NO5P/c1-6(11-2)7-4-3-5-12-13(8,9)10/h7H,1,3-5H2,2H3,(H2,8,9,10). The highest BCUT2D eigenvalue weighted by atomic mass is 31.2. The van der Waals surface area contributed by atoms with Gasteiger partial charge in [0.15, 0.2) is 5.88 Å². The predicted molar refractivity (Wildman–Crippen MR) is 46.8 cm³/mol. The number of rotatable bonds is 7. The van der Waals surface area contributed by atoms with Gasteiger partial charge in [-0.1, -0.05) is 0 Å². The Hall–Kier alpha value is -0.550. The van der Waals surface area contributed by atoms with E-state index < -0.39 is 7.82 Å². The third-order valence-corrected chi connectivity index (χ3v) is 1.67. The molecule has 0 unspecified atom stereocenters. The summed E-state index contributed by atoms with van der Waals surface area (Å²) in [5.41, 5.74) is 0. The normalized spacial score (nSPS) is 11.0. The fraction of sp³-hybridized carbons (Fsp3) is 0.667. The second-order valence-electron chi connectivity index (χ2n) is 2.23. The van der Waals surface area contributed by atoms with Crippen molar-refractivity contribution in [1.82, 2.24) is 5.32 Å². The van der Waals surface area contributed by atoms with Crippen LogP contribution in [0, 0.1) is 0 Å². The molecule has 0 atom stereocenters. The number of hydrogen-bond donors (Lipinski definition) is 3. The van der Waals surface area contributed by atoms with Crippen molar-refractivity contribution in [2.75, 3.05) is 20.3 Å². The van der Waals surface area contributed by atoms with Gasteiger partial charge in [-0.2, -0.15) is 0 Å². The van der Waals surface area contributed by atoms with E-state index >= 15 is 0 Å². The van der Waals surface area contributed by atoms with Gasteiger partial charge in [-0.25, -0.2) is 4.57 Å². The van der Waals surface area contributed by atoms with Gasteiger partial charge < -0.3 is 19.8 Å². The molecule has 0 amide bonds. The fourth-order valence-electron chi connectivity index (χ4n) is 0.556. The lowest BCUT2D eigenvalue weighted by Gasteiger charge is -2.08. The molecule has 0 spiro atoms. The van der Waals surface area contributed by atoms with E-state index in [1.54, 1.807) is 0 Å². The molecule has 0 aromatic rings. The Balaban J connectivity index is 3.27. The molecule has 0 rings (SSSR count). The topological polar surface area (TPSA) is 88.0 Å². The van der Waals surface area contributed by atoms with Crippen LogP contribution in [0.5, 0.6) is 0 Å². The van der Waals surface area contributed by atoms with Crippen LogP contribution >= 0.6 is 7.82 Å². The van der Waals surface area contributed by atoms with Gasteiger partial charge in [0.25, 0.3) is 0 Å². The first kappa shape index (κ1) is 12.4. The Morgan fingerprint density at radius 2 is 2.23 bits per heavy atom. The van der Waals surface area contributed by atoms with Crippen LogP contribution in [0.3, 0.4) is 0 Å². The van der Waals surface area contributed by atoms with Gasteiger partial charge in [-0.15, -0.1) is 0 Å². The number of nitrogens with one attached hydrogen (secondary N) is 1. The molecule has 0 aliphatic carbocycles. The molecule has 6 nitrogen and oxygen atoms in total. The summed E-state index contributed by atoms with van der Waals surface area (Å²) in [6, 6.07) is 0. The molecule has 0 fully saturated rings. The highest BCUT2D eigenvalue weighted by Crippen LogP contribution is 2.35. The highest BCUT2D eigenvalue weighted by Gasteiger charge is 2.12. The Kier molecular flexibility index (Phi) is 5.73. The molecule has 0 radical (unpaired) electrons. The first-order valence-electron chi connectivity index (χ1n) is 3.62. The van der Waals surface area contributed by atoms with Crippen molar-refractivity contribution in [3.63, 3.8) is 0 Å². The van der Waals surface area contributed by atoms with Gasteiger partial charge in [0, 0.05) is 6.54 Å². The van der Waals surface area contributed by atoms with Crippen LogP contribution in [0.4, 0.5) is 0 Å². The molecule has 0 aliphatic heterocycles. The summed E-state index contributed by atoms with van der Waals surface area (Å²) in [6.45, 7) is 3.98. The van der Waals surface area contributed by atoms with E-state index in [-0.39, 0.29) is 6.61 Å². The fourth-order valence-corrected chi connectivity index (χ4v) is 0.923. The molecule has 78 valence electrons. The van der Waals surface area contributed by atoms with Crippen molar-refractivity contribution >= 4 is 7.82 Å². The third kappa shape index (κ3) is 9.36. The van der Waals surface area contributed by atoms with Crippen LogP contribution < -0.4 is 5.32 Å². The maximum atomic E-state index is 10.2. The first-order valence-corrected chi connectivity index (χ1v) is 5.15. The van der Waals surface area contributed by atoms with Gasteiger partial charge in [0.1, 0.15) is 0 Å². The second kappa shape index (κ2) is 5.99. The van der Waals surface area contributed by atoms with Crippen LogP contribution in [0.25, 0.3) is 0 Å². The van der Waals surface area contributed by atoms with E-state index in [1.807, 2.05) is 0 Å². The molecule has 0 aliphatic rings. The average Bonchev–Trinajstić information content (AvgIpc) is 2.01. The van der Waals surface area contributed by atoms with E-state index in [1.165, 1.54) is 7.11 Å². The molecule has 0 aromatic heterocycles. The lowest BCUT2D eigenvalue weighted by molar-refractivity contribution is 0.193. The van der Waals surface area contributed by atoms with Crippen molar-refractivity contribution < 1.29 is 23.6 Å². The molecule has 0 heterocycles. The first-order chi connectivity index (χ1) is 5.95. The van der Waals surface area contributed by atoms with Crippen LogP contribution in [-0.2, 0) is 13.8 Å². The minimum Gasteiger partial charge on any atom is -0.483 e. The van der Waals surface area contributed by atoms with Gasteiger partial charge in [-0.05, 0) is 13.0 Å². The molecule has 0 saturated carbocycles. The number of methoxy groups -OCH3 is 1. The Labute approximate surface area is 76.8 Å². The molecule has 0 aromatic carbocycles. The second-order valence-corrected chi connectivity index (χ2v) is 3.47. The van der Waals surface area contributed by atoms with Crippen molar-refractivity contribution in [2.45, 2.75) is 6.42 Å². The summed E-state index contributed by atoms with van der Waals surface area (Å²) in [7, 11) is -2.84. The van der Waals surface area contributed by atoms with Crippen molar-refractivity contribution in [2.24, 2.45) is 0 Å². The van der Waals surface area contributed by atoms with E-state index in [9.17, 15) is 4.57 Å². The average molecular weight is 211 g/mol. The largest absolute Gasteiger partial charge is 0.483 e. The predicted octanol–water partition coefficient (Wildman–Crippen LogP) is 0.193. The maximum Gasteiger partial charge on any atom is 0.469 e. The summed E-state index contributed by atoms with van der Waals surface area (Å²) in [5, 5.41) is 2.77.